The van der Waals surface area contributed by atoms with Gasteiger partial charge in [-0.15, -0.1) is 0 Å². The predicted molar refractivity (Wildman–Crippen MR) is 111 cm³/mol. The van der Waals surface area contributed by atoms with Crippen molar-refractivity contribution in [3.63, 3.8) is 0 Å². The summed E-state index contributed by atoms with van der Waals surface area (Å²) in [5.74, 6) is 0.669. The van der Waals surface area contributed by atoms with Gasteiger partial charge in [0, 0.05) is 45.4 Å². The van der Waals surface area contributed by atoms with Crippen molar-refractivity contribution in [3.05, 3.63) is 42.2 Å². The highest BCUT2D eigenvalue weighted by Crippen LogP contribution is 2.29. The molecule has 2 heterocycles. The molecule has 0 saturated carbocycles. The van der Waals surface area contributed by atoms with E-state index in [2.05, 4.69) is 5.32 Å². The van der Waals surface area contributed by atoms with E-state index in [4.69, 9.17) is 9.47 Å². The number of anilines is 1. The molecule has 9 nitrogen and oxygen atoms in total. The Kier molecular flexibility index (Phi) is 6.61. The Morgan fingerprint density at radius 3 is 2.33 bits per heavy atom. The Morgan fingerprint density at radius 1 is 1.00 bits per heavy atom. The topological polar surface area (TPSA) is 93.1 Å². The lowest BCUT2D eigenvalue weighted by molar-refractivity contribution is -0.130. The van der Waals surface area contributed by atoms with Gasteiger partial charge in [0.1, 0.15) is 23.7 Å². The number of hydrogen-bond acceptors (Lipinski definition) is 5. The molecule has 0 spiro atoms. The molecule has 1 aromatic carbocycles. The maximum absolute atomic E-state index is 12.9. The number of nitrogens with one attached hydrogen (secondary N) is 1. The molecule has 0 radical (unpaired) electrons. The summed E-state index contributed by atoms with van der Waals surface area (Å²) < 4.78 is 12.1. The first-order valence-electron chi connectivity index (χ1n) is 9.64. The standard InChI is InChI=1S/C21H26N4O5/c1-15(26)23-9-11-24(12-10-23)21(28)18-5-4-8-25(18)14-20(27)22-17-7-6-16(29-2)13-19(17)30-3/h4-8,13H,9-12,14H2,1-3H3,(H,22,27). The van der Waals surface area contributed by atoms with Crippen LogP contribution in [0.2, 0.25) is 0 Å². The van der Waals surface area contributed by atoms with Crippen LogP contribution in [0.15, 0.2) is 36.5 Å². The third-order valence-electron chi connectivity index (χ3n) is 5.06. The number of carbonyl (C=O) groups is 3. The minimum Gasteiger partial charge on any atom is -0.497 e. The minimum absolute atomic E-state index is 0.0103. The molecular formula is C21H26N4O5. The molecule has 1 aromatic heterocycles. The number of hydrogen-bond donors (Lipinski definition) is 1. The summed E-state index contributed by atoms with van der Waals surface area (Å²) >= 11 is 0. The Bertz CT molecular complexity index is 931. The highest BCUT2D eigenvalue weighted by Gasteiger charge is 2.25. The average Bonchev–Trinajstić information content (AvgIpc) is 3.21. The molecule has 1 saturated heterocycles. The first kappa shape index (κ1) is 21.2. The van der Waals surface area contributed by atoms with Crippen LogP contribution in [-0.2, 0) is 16.1 Å². The van der Waals surface area contributed by atoms with E-state index in [1.165, 1.54) is 14.0 Å². The van der Waals surface area contributed by atoms with Crippen LogP contribution in [0.4, 0.5) is 5.69 Å². The Hall–Kier alpha value is -3.49. The number of ether oxygens (including phenoxy) is 2. The van der Waals surface area contributed by atoms with E-state index in [0.29, 0.717) is 49.1 Å². The molecule has 30 heavy (non-hydrogen) atoms. The lowest BCUT2D eigenvalue weighted by Gasteiger charge is -2.34. The molecule has 3 amide bonds. The third-order valence-corrected chi connectivity index (χ3v) is 5.06. The molecule has 0 atom stereocenters. The predicted octanol–water partition coefficient (Wildman–Crippen LogP) is 1.45. The van der Waals surface area contributed by atoms with Crippen molar-refractivity contribution in [2.45, 2.75) is 13.5 Å². The summed E-state index contributed by atoms with van der Waals surface area (Å²) in [5, 5.41) is 2.81. The van der Waals surface area contributed by atoms with Gasteiger partial charge in [-0.1, -0.05) is 0 Å². The van der Waals surface area contributed by atoms with Crippen LogP contribution in [0.1, 0.15) is 17.4 Å². The first-order valence-corrected chi connectivity index (χ1v) is 9.64. The molecule has 1 aliphatic rings. The van der Waals surface area contributed by atoms with Gasteiger partial charge < -0.3 is 29.2 Å². The molecule has 1 N–H and O–H groups in total. The van der Waals surface area contributed by atoms with Crippen LogP contribution in [0.5, 0.6) is 11.5 Å². The summed E-state index contributed by atoms with van der Waals surface area (Å²) in [4.78, 5) is 40.4. The van der Waals surface area contributed by atoms with E-state index >= 15 is 0 Å². The Morgan fingerprint density at radius 2 is 1.70 bits per heavy atom. The largest absolute Gasteiger partial charge is 0.497 e. The number of methoxy groups -OCH3 is 2. The first-order chi connectivity index (χ1) is 14.4. The van der Waals surface area contributed by atoms with Gasteiger partial charge >= 0.3 is 0 Å². The lowest BCUT2D eigenvalue weighted by Crippen LogP contribution is -2.50. The number of rotatable bonds is 6. The van der Waals surface area contributed by atoms with Gasteiger partial charge in [0.2, 0.25) is 11.8 Å². The second-order valence-electron chi connectivity index (χ2n) is 6.93. The van der Waals surface area contributed by atoms with Crippen LogP contribution >= 0.6 is 0 Å². The third kappa shape index (κ3) is 4.73. The monoisotopic (exact) mass is 414 g/mol. The van der Waals surface area contributed by atoms with Crippen molar-refractivity contribution in [2.75, 3.05) is 45.7 Å². The zero-order valence-electron chi connectivity index (χ0n) is 17.4. The zero-order chi connectivity index (χ0) is 21.7. The number of carbonyl (C=O) groups excluding carboxylic acids is 3. The van der Waals surface area contributed by atoms with Crippen LogP contribution in [0.25, 0.3) is 0 Å². The van der Waals surface area contributed by atoms with E-state index < -0.39 is 0 Å². The molecule has 160 valence electrons. The van der Waals surface area contributed by atoms with Gasteiger partial charge in [0.25, 0.3) is 5.91 Å². The Balaban J connectivity index is 1.65. The highest BCUT2D eigenvalue weighted by atomic mass is 16.5. The summed E-state index contributed by atoms with van der Waals surface area (Å²) in [6.07, 6.45) is 1.70. The quantitative estimate of drug-likeness (QED) is 0.772. The number of aromatic nitrogens is 1. The molecule has 0 aliphatic carbocycles. The second kappa shape index (κ2) is 9.34. The smallest absolute Gasteiger partial charge is 0.270 e. The maximum atomic E-state index is 12.9. The molecule has 2 aromatic rings. The normalized spacial score (nSPS) is 13.7. The van der Waals surface area contributed by atoms with Crippen molar-refractivity contribution < 1.29 is 23.9 Å². The van der Waals surface area contributed by atoms with E-state index in [9.17, 15) is 14.4 Å². The van der Waals surface area contributed by atoms with Crippen molar-refractivity contribution in [2.24, 2.45) is 0 Å². The van der Waals surface area contributed by atoms with Crippen molar-refractivity contribution >= 4 is 23.4 Å². The van der Waals surface area contributed by atoms with Crippen molar-refractivity contribution in [1.29, 1.82) is 0 Å². The lowest BCUT2D eigenvalue weighted by atomic mass is 10.2. The van der Waals surface area contributed by atoms with Gasteiger partial charge in [-0.3, -0.25) is 14.4 Å². The second-order valence-corrected chi connectivity index (χ2v) is 6.93. The number of piperazine rings is 1. The summed E-state index contributed by atoms with van der Waals surface area (Å²) in [6.45, 7) is 3.48. The fourth-order valence-corrected chi connectivity index (χ4v) is 3.38. The van der Waals surface area contributed by atoms with Gasteiger partial charge in [-0.25, -0.2) is 0 Å². The van der Waals surface area contributed by atoms with E-state index in [-0.39, 0.29) is 24.3 Å². The van der Waals surface area contributed by atoms with Crippen LogP contribution in [0, 0.1) is 0 Å². The molecule has 9 heteroatoms. The molecule has 0 bridgehead atoms. The fourth-order valence-electron chi connectivity index (χ4n) is 3.38. The SMILES string of the molecule is COc1ccc(NC(=O)Cn2cccc2C(=O)N2CCN(C(C)=O)CC2)c(OC)c1. The molecular weight excluding hydrogens is 388 g/mol. The minimum atomic E-state index is -0.287. The molecule has 1 aliphatic heterocycles. The highest BCUT2D eigenvalue weighted by molar-refractivity contribution is 5.95. The molecule has 0 unspecified atom stereocenters. The van der Waals surface area contributed by atoms with Gasteiger partial charge in [0.15, 0.2) is 0 Å². The zero-order valence-corrected chi connectivity index (χ0v) is 17.4. The summed E-state index contributed by atoms with van der Waals surface area (Å²) in [5.41, 5.74) is 0.951. The van der Waals surface area contributed by atoms with Gasteiger partial charge in [-0.05, 0) is 24.3 Å². The van der Waals surface area contributed by atoms with Crippen LogP contribution in [0.3, 0.4) is 0 Å². The molecule has 1 fully saturated rings. The van der Waals surface area contributed by atoms with Crippen molar-refractivity contribution in [3.8, 4) is 11.5 Å². The Labute approximate surface area is 175 Å². The van der Waals surface area contributed by atoms with Crippen molar-refractivity contribution in [1.82, 2.24) is 14.4 Å². The van der Waals surface area contributed by atoms with E-state index in [0.717, 1.165) is 0 Å². The summed E-state index contributed by atoms with van der Waals surface area (Å²) in [7, 11) is 3.07. The van der Waals surface area contributed by atoms with E-state index in [1.54, 1.807) is 58.0 Å². The number of nitrogens with zero attached hydrogens (tertiary/aromatic N) is 3. The van der Waals surface area contributed by atoms with Crippen LogP contribution < -0.4 is 14.8 Å². The summed E-state index contributed by atoms with van der Waals surface area (Å²) in [6, 6.07) is 8.54. The average molecular weight is 414 g/mol. The number of amides is 3. The van der Waals surface area contributed by atoms with Gasteiger partial charge in [-0.2, -0.15) is 0 Å². The van der Waals surface area contributed by atoms with Gasteiger partial charge in [0.05, 0.1) is 19.9 Å². The molecule has 3 rings (SSSR count). The fraction of sp³-hybridized carbons (Fsp3) is 0.381. The number of benzene rings is 1. The van der Waals surface area contributed by atoms with Crippen LogP contribution in [-0.4, -0.2) is 72.5 Å². The maximum Gasteiger partial charge on any atom is 0.270 e. The van der Waals surface area contributed by atoms with E-state index in [1.807, 2.05) is 0 Å².